The molecular formula is C20H24N4O2. The molecular weight excluding hydrogens is 328 g/mol. The molecule has 1 saturated heterocycles. The quantitative estimate of drug-likeness (QED) is 0.907. The highest BCUT2D eigenvalue weighted by Crippen LogP contribution is 2.26. The molecule has 0 unspecified atom stereocenters. The molecule has 1 aromatic heterocycles. The predicted octanol–water partition coefficient (Wildman–Crippen LogP) is 1.69. The van der Waals surface area contributed by atoms with E-state index in [0.717, 1.165) is 55.3 Å². The van der Waals surface area contributed by atoms with Crippen LogP contribution in [-0.4, -0.2) is 47.5 Å². The lowest BCUT2D eigenvalue weighted by molar-refractivity contribution is -0.129. The number of nitrogens with zero attached hydrogens (tertiary/aromatic N) is 3. The minimum atomic E-state index is 0.167. The Morgan fingerprint density at radius 2 is 2.19 bits per heavy atom. The van der Waals surface area contributed by atoms with Crippen LogP contribution in [0.4, 0.5) is 0 Å². The van der Waals surface area contributed by atoms with Gasteiger partial charge in [-0.2, -0.15) is 0 Å². The third-order valence-electron chi connectivity index (χ3n) is 5.25. The standard InChI is InChI=1S/C20H24N4O2/c1-26-17-4-2-14(3-5-17)10-19(25)24-9-7-15(13-24)20-22-12-16-11-21-8-6-18(16)23-20/h2-5,12,15,21H,6-11,13H2,1H3/t15-/m0/s1. The number of benzene rings is 1. The number of fused-ring (bicyclic) bond motifs is 1. The second kappa shape index (κ2) is 7.41. The molecule has 0 spiro atoms. The van der Waals surface area contributed by atoms with Gasteiger partial charge in [-0.15, -0.1) is 0 Å². The summed E-state index contributed by atoms with van der Waals surface area (Å²) in [5.41, 5.74) is 3.37. The molecule has 6 nitrogen and oxygen atoms in total. The van der Waals surface area contributed by atoms with E-state index in [1.807, 2.05) is 35.4 Å². The summed E-state index contributed by atoms with van der Waals surface area (Å²) in [4.78, 5) is 23.9. The molecule has 0 saturated carbocycles. The van der Waals surface area contributed by atoms with E-state index in [-0.39, 0.29) is 11.8 Å². The third-order valence-corrected chi connectivity index (χ3v) is 5.25. The second-order valence-electron chi connectivity index (χ2n) is 6.98. The number of hydrogen-bond acceptors (Lipinski definition) is 5. The Hall–Kier alpha value is -2.47. The van der Waals surface area contributed by atoms with Crippen LogP contribution in [0, 0.1) is 0 Å². The number of likely N-dealkylation sites (tertiary alicyclic amines) is 1. The Bertz CT molecular complexity index is 791. The summed E-state index contributed by atoms with van der Waals surface area (Å²) >= 11 is 0. The molecule has 136 valence electrons. The molecule has 26 heavy (non-hydrogen) atoms. The SMILES string of the molecule is COc1ccc(CC(=O)N2CC[C@H](c3ncc4c(n3)CCNC4)C2)cc1. The zero-order valence-electron chi connectivity index (χ0n) is 15.1. The number of hydrogen-bond donors (Lipinski definition) is 1. The van der Waals surface area contributed by atoms with Crippen molar-refractivity contribution in [2.24, 2.45) is 0 Å². The van der Waals surface area contributed by atoms with E-state index in [2.05, 4.69) is 10.3 Å². The summed E-state index contributed by atoms with van der Waals surface area (Å²) < 4.78 is 5.16. The van der Waals surface area contributed by atoms with E-state index in [9.17, 15) is 4.79 Å². The Balaban J connectivity index is 1.39. The average Bonchev–Trinajstić information content (AvgIpc) is 3.18. The van der Waals surface area contributed by atoms with Gasteiger partial charge in [0.15, 0.2) is 0 Å². The Kier molecular flexibility index (Phi) is 4.84. The average molecular weight is 352 g/mol. The molecule has 2 aliphatic heterocycles. The maximum atomic E-state index is 12.6. The lowest BCUT2D eigenvalue weighted by Gasteiger charge is -2.19. The molecule has 3 heterocycles. The smallest absolute Gasteiger partial charge is 0.227 e. The lowest BCUT2D eigenvalue weighted by atomic mass is 10.1. The van der Waals surface area contributed by atoms with Crippen LogP contribution in [0.2, 0.25) is 0 Å². The minimum Gasteiger partial charge on any atom is -0.497 e. The van der Waals surface area contributed by atoms with E-state index in [1.54, 1.807) is 7.11 Å². The van der Waals surface area contributed by atoms with Gasteiger partial charge < -0.3 is 15.0 Å². The van der Waals surface area contributed by atoms with Crippen molar-refractivity contribution in [3.8, 4) is 5.75 Å². The molecule has 1 aromatic carbocycles. The van der Waals surface area contributed by atoms with Crippen molar-refractivity contribution in [1.29, 1.82) is 0 Å². The highest BCUT2D eigenvalue weighted by molar-refractivity contribution is 5.79. The van der Waals surface area contributed by atoms with Crippen LogP contribution >= 0.6 is 0 Å². The van der Waals surface area contributed by atoms with Gasteiger partial charge in [-0.3, -0.25) is 4.79 Å². The van der Waals surface area contributed by atoms with Crippen molar-refractivity contribution in [3.63, 3.8) is 0 Å². The van der Waals surface area contributed by atoms with Gasteiger partial charge in [0.2, 0.25) is 5.91 Å². The van der Waals surface area contributed by atoms with E-state index in [0.29, 0.717) is 13.0 Å². The van der Waals surface area contributed by atoms with Gasteiger partial charge in [0.05, 0.1) is 13.5 Å². The Morgan fingerprint density at radius 1 is 1.35 bits per heavy atom. The van der Waals surface area contributed by atoms with Crippen LogP contribution in [-0.2, 0) is 24.2 Å². The third kappa shape index (κ3) is 3.55. The molecule has 1 fully saturated rings. The lowest BCUT2D eigenvalue weighted by Crippen LogP contribution is -2.30. The second-order valence-corrected chi connectivity index (χ2v) is 6.98. The summed E-state index contributed by atoms with van der Waals surface area (Å²) in [6.45, 7) is 3.32. The van der Waals surface area contributed by atoms with Crippen molar-refractivity contribution in [2.45, 2.75) is 31.7 Å². The number of rotatable bonds is 4. The molecule has 0 bridgehead atoms. The predicted molar refractivity (Wildman–Crippen MR) is 98.1 cm³/mol. The number of nitrogens with one attached hydrogen (secondary N) is 1. The number of aromatic nitrogens is 2. The van der Waals surface area contributed by atoms with E-state index < -0.39 is 0 Å². The fraction of sp³-hybridized carbons (Fsp3) is 0.450. The van der Waals surface area contributed by atoms with Crippen LogP contribution in [0.1, 0.15) is 35.0 Å². The number of carbonyl (C=O) groups excluding carboxylic acids is 1. The van der Waals surface area contributed by atoms with Gasteiger partial charge in [0, 0.05) is 56.0 Å². The molecule has 1 atom stereocenters. The van der Waals surface area contributed by atoms with Gasteiger partial charge in [0.1, 0.15) is 11.6 Å². The first-order chi connectivity index (χ1) is 12.7. The van der Waals surface area contributed by atoms with Gasteiger partial charge in [-0.1, -0.05) is 12.1 Å². The highest BCUT2D eigenvalue weighted by atomic mass is 16.5. The van der Waals surface area contributed by atoms with Crippen LogP contribution in [0.5, 0.6) is 5.75 Å². The van der Waals surface area contributed by atoms with Crippen LogP contribution in [0.25, 0.3) is 0 Å². The molecule has 6 heteroatoms. The van der Waals surface area contributed by atoms with Crippen LogP contribution in [0.3, 0.4) is 0 Å². The fourth-order valence-electron chi connectivity index (χ4n) is 3.68. The molecule has 2 aromatic rings. The first kappa shape index (κ1) is 17.0. The molecule has 4 rings (SSSR count). The van der Waals surface area contributed by atoms with E-state index in [4.69, 9.17) is 9.72 Å². The van der Waals surface area contributed by atoms with Gasteiger partial charge >= 0.3 is 0 Å². The highest BCUT2D eigenvalue weighted by Gasteiger charge is 2.29. The Labute approximate surface area is 153 Å². The fourth-order valence-corrected chi connectivity index (χ4v) is 3.68. The topological polar surface area (TPSA) is 67.3 Å². The molecule has 1 amide bonds. The van der Waals surface area contributed by atoms with Crippen molar-refractivity contribution in [1.82, 2.24) is 20.2 Å². The number of ether oxygens (including phenoxy) is 1. The zero-order valence-corrected chi connectivity index (χ0v) is 15.1. The first-order valence-corrected chi connectivity index (χ1v) is 9.19. The first-order valence-electron chi connectivity index (χ1n) is 9.19. The normalized spacial score (nSPS) is 19.3. The van der Waals surface area contributed by atoms with E-state index in [1.165, 1.54) is 5.56 Å². The van der Waals surface area contributed by atoms with Crippen molar-refractivity contribution in [2.75, 3.05) is 26.7 Å². The molecule has 0 radical (unpaired) electrons. The van der Waals surface area contributed by atoms with Gasteiger partial charge in [-0.25, -0.2) is 9.97 Å². The van der Waals surface area contributed by atoms with Crippen LogP contribution in [0.15, 0.2) is 30.5 Å². The van der Waals surface area contributed by atoms with Crippen molar-refractivity contribution >= 4 is 5.91 Å². The van der Waals surface area contributed by atoms with E-state index >= 15 is 0 Å². The monoisotopic (exact) mass is 352 g/mol. The zero-order chi connectivity index (χ0) is 17.9. The largest absolute Gasteiger partial charge is 0.497 e. The summed E-state index contributed by atoms with van der Waals surface area (Å²) in [7, 11) is 1.64. The van der Waals surface area contributed by atoms with Gasteiger partial charge in [0.25, 0.3) is 0 Å². The number of carbonyl (C=O) groups is 1. The minimum absolute atomic E-state index is 0.167. The Morgan fingerprint density at radius 3 is 3.00 bits per heavy atom. The molecule has 1 N–H and O–H groups in total. The van der Waals surface area contributed by atoms with Crippen LogP contribution < -0.4 is 10.1 Å². The maximum Gasteiger partial charge on any atom is 0.227 e. The summed E-state index contributed by atoms with van der Waals surface area (Å²) in [6, 6.07) is 7.69. The molecule has 0 aliphatic carbocycles. The maximum absolute atomic E-state index is 12.6. The summed E-state index contributed by atoms with van der Waals surface area (Å²) in [6.07, 6.45) is 4.27. The van der Waals surface area contributed by atoms with Crippen molar-refractivity contribution in [3.05, 3.63) is 53.1 Å². The van der Waals surface area contributed by atoms with Crippen molar-refractivity contribution < 1.29 is 9.53 Å². The molecule has 2 aliphatic rings. The number of methoxy groups -OCH3 is 1. The summed E-state index contributed by atoms with van der Waals surface area (Å²) in [5, 5.41) is 3.34. The number of amides is 1. The summed E-state index contributed by atoms with van der Waals surface area (Å²) in [5.74, 6) is 2.11. The van der Waals surface area contributed by atoms with Gasteiger partial charge in [-0.05, 0) is 24.1 Å².